The third-order valence-electron chi connectivity index (χ3n) is 3.46. The summed E-state index contributed by atoms with van der Waals surface area (Å²) in [6.07, 6.45) is 3.29. The third-order valence-corrected chi connectivity index (χ3v) is 3.46. The lowest BCUT2D eigenvalue weighted by molar-refractivity contribution is 0.0612. The maximum absolute atomic E-state index is 12.3. The zero-order chi connectivity index (χ0) is 18.6. The van der Waals surface area contributed by atoms with Gasteiger partial charge in [0, 0.05) is 24.4 Å². The number of hydrogen-bond donors (Lipinski definition) is 1. The number of hydrogen-bond acceptors (Lipinski definition) is 5. The average molecular weight is 351 g/mol. The molecule has 1 aromatic carbocycles. The normalized spacial score (nSPS) is 11.2. The highest BCUT2D eigenvalue weighted by atomic mass is 16.6. The molecule has 0 aliphatic rings. The Hall–Kier alpha value is -3.22. The van der Waals surface area contributed by atoms with Crippen LogP contribution in [0.3, 0.4) is 0 Å². The minimum atomic E-state index is -0.605. The zero-order valence-corrected chi connectivity index (χ0v) is 15.0. The molecule has 134 valence electrons. The van der Waals surface area contributed by atoms with E-state index < -0.39 is 11.7 Å². The number of ether oxygens (including phenoxy) is 1. The van der Waals surface area contributed by atoms with Crippen LogP contribution in [0.1, 0.15) is 32.2 Å². The summed E-state index contributed by atoms with van der Waals surface area (Å²) in [5.41, 5.74) is 3.94. The first-order valence-corrected chi connectivity index (χ1v) is 8.31. The summed E-state index contributed by atoms with van der Waals surface area (Å²) >= 11 is 0. The molecule has 1 N–H and O–H groups in total. The number of benzene rings is 1. The summed E-state index contributed by atoms with van der Waals surface area (Å²) in [5.74, 6) is 1.09. The van der Waals surface area contributed by atoms with E-state index in [-0.39, 0.29) is 0 Å². The molecule has 0 atom stereocenters. The van der Waals surface area contributed by atoms with Gasteiger partial charge in [0.05, 0.1) is 0 Å². The monoisotopic (exact) mass is 351 g/mol. The Labute approximate surface area is 152 Å². The first-order chi connectivity index (χ1) is 12.4. The topological polar surface area (TPSA) is 81.9 Å². The van der Waals surface area contributed by atoms with E-state index in [1.807, 2.05) is 57.2 Å². The van der Waals surface area contributed by atoms with Gasteiger partial charge in [-0.25, -0.2) is 14.9 Å². The molecule has 0 radical (unpaired) electrons. The van der Waals surface area contributed by atoms with Gasteiger partial charge in [0.15, 0.2) is 11.6 Å². The van der Waals surface area contributed by atoms with E-state index in [9.17, 15) is 4.79 Å². The molecule has 0 unspecified atom stereocenters. The van der Waals surface area contributed by atoms with E-state index in [2.05, 4.69) is 20.6 Å². The first-order valence-electron chi connectivity index (χ1n) is 8.31. The number of rotatable bonds is 4. The van der Waals surface area contributed by atoms with Crippen molar-refractivity contribution in [3.63, 3.8) is 0 Å². The van der Waals surface area contributed by atoms with Crippen molar-refractivity contribution < 1.29 is 9.53 Å². The molecule has 0 aliphatic carbocycles. The molecule has 0 bridgehead atoms. The number of pyridine rings is 1. The fraction of sp³-hybridized carbons (Fsp3) is 0.263. The second-order valence-corrected chi connectivity index (χ2v) is 6.79. The summed E-state index contributed by atoms with van der Waals surface area (Å²) in [5, 5.41) is 8.49. The Morgan fingerprint density at radius 1 is 1.12 bits per heavy atom. The van der Waals surface area contributed by atoms with Crippen LogP contribution in [0, 0.1) is 0 Å². The number of carbonyl (C=O) groups is 1. The molecule has 0 aliphatic heterocycles. The number of amides is 1. The fourth-order valence-electron chi connectivity index (χ4n) is 2.40. The van der Waals surface area contributed by atoms with E-state index in [1.54, 1.807) is 23.1 Å². The van der Waals surface area contributed by atoms with Crippen LogP contribution in [0.5, 0.6) is 0 Å². The van der Waals surface area contributed by atoms with Crippen LogP contribution in [-0.4, -0.2) is 31.6 Å². The molecule has 3 rings (SSSR count). The SMILES string of the molecule is CC(C)(C)OC(=O)Nn1c(Cc2ccccc2)nnc1-c1cccnc1. The maximum atomic E-state index is 12.3. The van der Waals surface area contributed by atoms with Gasteiger partial charge in [0.2, 0.25) is 0 Å². The molecule has 26 heavy (non-hydrogen) atoms. The molecule has 0 spiro atoms. The lowest BCUT2D eigenvalue weighted by Gasteiger charge is -2.20. The maximum Gasteiger partial charge on any atom is 0.427 e. The predicted molar refractivity (Wildman–Crippen MR) is 98.1 cm³/mol. The van der Waals surface area contributed by atoms with Crippen LogP contribution in [-0.2, 0) is 11.2 Å². The molecule has 7 heteroatoms. The summed E-state index contributed by atoms with van der Waals surface area (Å²) in [4.78, 5) is 16.4. The van der Waals surface area contributed by atoms with Crippen LogP contribution < -0.4 is 5.43 Å². The van der Waals surface area contributed by atoms with E-state index >= 15 is 0 Å². The molecular formula is C19H21N5O2. The van der Waals surface area contributed by atoms with Gasteiger partial charge in [0.1, 0.15) is 5.60 Å². The molecule has 2 heterocycles. The highest BCUT2D eigenvalue weighted by Crippen LogP contribution is 2.18. The van der Waals surface area contributed by atoms with E-state index in [4.69, 9.17) is 4.74 Å². The minimum Gasteiger partial charge on any atom is -0.443 e. The fourth-order valence-corrected chi connectivity index (χ4v) is 2.40. The van der Waals surface area contributed by atoms with Crippen molar-refractivity contribution in [1.29, 1.82) is 0 Å². The third kappa shape index (κ3) is 4.44. The standard InChI is InChI=1S/C19H21N5O2/c1-19(2,3)26-18(25)23-24-16(12-14-8-5-4-6-9-14)21-22-17(24)15-10-7-11-20-13-15/h4-11,13H,12H2,1-3H3,(H,23,25). The number of nitrogens with zero attached hydrogens (tertiary/aromatic N) is 4. The van der Waals surface area contributed by atoms with Crippen molar-refractivity contribution in [2.75, 3.05) is 5.43 Å². The number of aromatic nitrogens is 4. The van der Waals surface area contributed by atoms with Crippen molar-refractivity contribution in [1.82, 2.24) is 19.9 Å². The zero-order valence-electron chi connectivity index (χ0n) is 15.0. The summed E-state index contributed by atoms with van der Waals surface area (Å²) < 4.78 is 6.92. The quantitative estimate of drug-likeness (QED) is 0.779. The smallest absolute Gasteiger partial charge is 0.427 e. The Bertz CT molecular complexity index is 870. The van der Waals surface area contributed by atoms with Gasteiger partial charge in [-0.15, -0.1) is 10.2 Å². The van der Waals surface area contributed by atoms with Crippen LogP contribution in [0.15, 0.2) is 54.9 Å². The van der Waals surface area contributed by atoms with Gasteiger partial charge in [-0.2, -0.15) is 0 Å². The van der Waals surface area contributed by atoms with Gasteiger partial charge in [-0.3, -0.25) is 4.98 Å². The highest BCUT2D eigenvalue weighted by molar-refractivity contribution is 5.77. The lowest BCUT2D eigenvalue weighted by atomic mass is 10.1. The van der Waals surface area contributed by atoms with Crippen LogP contribution in [0.2, 0.25) is 0 Å². The van der Waals surface area contributed by atoms with Crippen molar-refractivity contribution in [3.05, 3.63) is 66.2 Å². The Balaban J connectivity index is 1.94. The number of nitrogens with one attached hydrogen (secondary N) is 1. The Morgan fingerprint density at radius 2 is 1.88 bits per heavy atom. The molecule has 0 saturated heterocycles. The van der Waals surface area contributed by atoms with Crippen molar-refractivity contribution in [2.45, 2.75) is 32.8 Å². The van der Waals surface area contributed by atoms with E-state index in [0.29, 0.717) is 18.1 Å². The van der Waals surface area contributed by atoms with Gasteiger partial charge in [-0.1, -0.05) is 30.3 Å². The van der Waals surface area contributed by atoms with Gasteiger partial charge >= 0.3 is 6.09 Å². The van der Waals surface area contributed by atoms with Crippen molar-refractivity contribution in [2.24, 2.45) is 0 Å². The highest BCUT2D eigenvalue weighted by Gasteiger charge is 2.20. The Kier molecular flexibility index (Phi) is 4.97. The van der Waals surface area contributed by atoms with Crippen molar-refractivity contribution in [3.8, 4) is 11.4 Å². The molecule has 7 nitrogen and oxygen atoms in total. The van der Waals surface area contributed by atoms with Crippen molar-refractivity contribution >= 4 is 6.09 Å². The molecule has 2 aromatic heterocycles. The average Bonchev–Trinajstić information content (AvgIpc) is 2.97. The van der Waals surface area contributed by atoms with Crippen LogP contribution >= 0.6 is 0 Å². The second-order valence-electron chi connectivity index (χ2n) is 6.79. The number of carbonyl (C=O) groups excluding carboxylic acids is 1. The Morgan fingerprint density at radius 3 is 2.54 bits per heavy atom. The molecule has 0 saturated carbocycles. The summed E-state index contributed by atoms with van der Waals surface area (Å²) in [6, 6.07) is 13.5. The minimum absolute atomic E-state index is 0.495. The predicted octanol–water partition coefficient (Wildman–Crippen LogP) is 3.41. The molecule has 0 fully saturated rings. The largest absolute Gasteiger partial charge is 0.443 e. The van der Waals surface area contributed by atoms with Gasteiger partial charge < -0.3 is 4.74 Å². The lowest BCUT2D eigenvalue weighted by Crippen LogP contribution is -2.32. The molecule has 3 aromatic rings. The van der Waals surface area contributed by atoms with E-state index in [0.717, 1.165) is 11.1 Å². The molecular weight excluding hydrogens is 330 g/mol. The first kappa shape index (κ1) is 17.6. The van der Waals surface area contributed by atoms with Gasteiger partial charge in [0.25, 0.3) is 0 Å². The van der Waals surface area contributed by atoms with Gasteiger partial charge in [-0.05, 0) is 38.5 Å². The summed E-state index contributed by atoms with van der Waals surface area (Å²) in [6.45, 7) is 5.43. The van der Waals surface area contributed by atoms with Crippen LogP contribution in [0.25, 0.3) is 11.4 Å². The second kappa shape index (κ2) is 7.35. The van der Waals surface area contributed by atoms with E-state index in [1.165, 1.54) is 0 Å². The summed E-state index contributed by atoms with van der Waals surface area (Å²) in [7, 11) is 0. The molecule has 1 amide bonds. The van der Waals surface area contributed by atoms with Crippen LogP contribution in [0.4, 0.5) is 4.79 Å².